The SMILES string of the molecule is Cc1ccc([C@@H]2OCCC[C@H]2C(=O)NCc2cn(C)cn2)cc1. The first-order valence-corrected chi connectivity index (χ1v) is 8.06. The smallest absolute Gasteiger partial charge is 0.226 e. The molecule has 1 aromatic carbocycles. The molecule has 1 aromatic heterocycles. The van der Waals surface area contributed by atoms with Crippen LogP contribution in [0.5, 0.6) is 0 Å². The Morgan fingerprint density at radius 3 is 2.87 bits per heavy atom. The van der Waals surface area contributed by atoms with E-state index in [9.17, 15) is 4.79 Å². The van der Waals surface area contributed by atoms with E-state index in [1.807, 2.05) is 17.8 Å². The van der Waals surface area contributed by atoms with Crippen molar-refractivity contribution in [3.05, 3.63) is 53.6 Å². The summed E-state index contributed by atoms with van der Waals surface area (Å²) < 4.78 is 7.79. The van der Waals surface area contributed by atoms with E-state index in [0.29, 0.717) is 13.2 Å². The van der Waals surface area contributed by atoms with Gasteiger partial charge in [-0.3, -0.25) is 4.79 Å². The molecule has 5 nitrogen and oxygen atoms in total. The van der Waals surface area contributed by atoms with E-state index in [2.05, 4.69) is 41.5 Å². The van der Waals surface area contributed by atoms with Gasteiger partial charge in [0.15, 0.2) is 0 Å². The van der Waals surface area contributed by atoms with E-state index in [0.717, 1.165) is 24.1 Å². The predicted octanol–water partition coefficient (Wildman–Crippen LogP) is 2.51. The average molecular weight is 313 g/mol. The monoisotopic (exact) mass is 313 g/mol. The quantitative estimate of drug-likeness (QED) is 0.943. The van der Waals surface area contributed by atoms with Crippen molar-refractivity contribution in [1.82, 2.24) is 14.9 Å². The zero-order chi connectivity index (χ0) is 16.2. The van der Waals surface area contributed by atoms with Gasteiger partial charge in [-0.05, 0) is 25.3 Å². The largest absolute Gasteiger partial charge is 0.373 e. The third-order valence-electron chi connectivity index (χ3n) is 4.27. The number of imidazole rings is 1. The molecule has 5 heteroatoms. The Hall–Kier alpha value is -2.14. The summed E-state index contributed by atoms with van der Waals surface area (Å²) in [6.45, 7) is 3.22. The van der Waals surface area contributed by atoms with Crippen molar-refractivity contribution in [2.24, 2.45) is 13.0 Å². The topological polar surface area (TPSA) is 56.1 Å². The number of ether oxygens (including phenoxy) is 1. The third kappa shape index (κ3) is 3.79. The molecule has 2 heterocycles. The highest BCUT2D eigenvalue weighted by Gasteiger charge is 2.32. The number of amides is 1. The highest BCUT2D eigenvalue weighted by atomic mass is 16.5. The van der Waals surface area contributed by atoms with Gasteiger partial charge in [0.05, 0.1) is 30.6 Å². The zero-order valence-corrected chi connectivity index (χ0v) is 13.7. The highest BCUT2D eigenvalue weighted by molar-refractivity contribution is 5.79. The summed E-state index contributed by atoms with van der Waals surface area (Å²) in [4.78, 5) is 16.8. The van der Waals surface area contributed by atoms with E-state index in [1.165, 1.54) is 5.56 Å². The minimum absolute atomic E-state index is 0.0425. The third-order valence-corrected chi connectivity index (χ3v) is 4.27. The summed E-state index contributed by atoms with van der Waals surface area (Å²) in [7, 11) is 1.92. The lowest BCUT2D eigenvalue weighted by molar-refractivity contribution is -0.134. The fourth-order valence-corrected chi connectivity index (χ4v) is 3.00. The van der Waals surface area contributed by atoms with Gasteiger partial charge >= 0.3 is 0 Å². The summed E-state index contributed by atoms with van der Waals surface area (Å²) in [5.74, 6) is -0.101. The molecule has 1 fully saturated rings. The minimum Gasteiger partial charge on any atom is -0.373 e. The Balaban J connectivity index is 1.67. The molecule has 3 rings (SSSR count). The second-order valence-corrected chi connectivity index (χ2v) is 6.20. The maximum Gasteiger partial charge on any atom is 0.226 e. The number of nitrogens with one attached hydrogen (secondary N) is 1. The molecule has 0 bridgehead atoms. The van der Waals surface area contributed by atoms with Crippen LogP contribution in [0.4, 0.5) is 0 Å². The van der Waals surface area contributed by atoms with Gasteiger partial charge in [0.25, 0.3) is 0 Å². The van der Waals surface area contributed by atoms with Crippen molar-refractivity contribution in [2.45, 2.75) is 32.4 Å². The van der Waals surface area contributed by atoms with Crippen molar-refractivity contribution in [2.75, 3.05) is 6.61 Å². The molecule has 1 saturated heterocycles. The van der Waals surface area contributed by atoms with Crippen LogP contribution in [0.3, 0.4) is 0 Å². The zero-order valence-electron chi connectivity index (χ0n) is 13.7. The van der Waals surface area contributed by atoms with Crippen LogP contribution in [0.1, 0.15) is 35.8 Å². The molecule has 2 aromatic rings. The number of nitrogens with zero attached hydrogens (tertiary/aromatic N) is 2. The number of carbonyl (C=O) groups is 1. The van der Waals surface area contributed by atoms with E-state index >= 15 is 0 Å². The van der Waals surface area contributed by atoms with E-state index < -0.39 is 0 Å². The lowest BCUT2D eigenvalue weighted by Crippen LogP contribution is -2.37. The van der Waals surface area contributed by atoms with Crippen LogP contribution in [0.2, 0.25) is 0 Å². The van der Waals surface area contributed by atoms with Crippen molar-refractivity contribution in [1.29, 1.82) is 0 Å². The van der Waals surface area contributed by atoms with Gasteiger partial charge in [-0.25, -0.2) is 4.98 Å². The number of aromatic nitrogens is 2. The second-order valence-electron chi connectivity index (χ2n) is 6.20. The molecule has 1 aliphatic rings. The first kappa shape index (κ1) is 15.7. The second kappa shape index (κ2) is 6.96. The molecule has 0 unspecified atom stereocenters. The van der Waals surface area contributed by atoms with Crippen LogP contribution in [-0.2, 0) is 23.1 Å². The summed E-state index contributed by atoms with van der Waals surface area (Å²) in [5.41, 5.74) is 3.15. The molecule has 122 valence electrons. The van der Waals surface area contributed by atoms with Crippen LogP contribution in [0, 0.1) is 12.8 Å². The van der Waals surface area contributed by atoms with Gasteiger partial charge in [-0.15, -0.1) is 0 Å². The number of hydrogen-bond donors (Lipinski definition) is 1. The predicted molar refractivity (Wildman–Crippen MR) is 87.7 cm³/mol. The average Bonchev–Trinajstić information content (AvgIpc) is 2.99. The van der Waals surface area contributed by atoms with Crippen LogP contribution in [0.25, 0.3) is 0 Å². The molecule has 0 aliphatic carbocycles. The van der Waals surface area contributed by atoms with E-state index in [1.54, 1.807) is 6.33 Å². The first-order chi connectivity index (χ1) is 11.1. The molecule has 0 spiro atoms. The lowest BCUT2D eigenvalue weighted by atomic mass is 9.88. The van der Waals surface area contributed by atoms with Crippen molar-refractivity contribution >= 4 is 5.91 Å². The Bertz CT molecular complexity index is 663. The van der Waals surface area contributed by atoms with Crippen LogP contribution in [-0.4, -0.2) is 22.1 Å². The van der Waals surface area contributed by atoms with Gasteiger partial charge in [0, 0.05) is 19.9 Å². The Kier molecular flexibility index (Phi) is 4.76. The van der Waals surface area contributed by atoms with Crippen LogP contribution < -0.4 is 5.32 Å². The fourth-order valence-electron chi connectivity index (χ4n) is 3.00. The summed E-state index contributed by atoms with van der Waals surface area (Å²) in [5, 5.41) is 3.00. The highest BCUT2D eigenvalue weighted by Crippen LogP contribution is 2.33. The molecule has 2 atom stereocenters. The number of hydrogen-bond acceptors (Lipinski definition) is 3. The van der Waals surface area contributed by atoms with Crippen LogP contribution in [0.15, 0.2) is 36.8 Å². The van der Waals surface area contributed by atoms with Gasteiger partial charge in [-0.2, -0.15) is 0 Å². The van der Waals surface area contributed by atoms with Crippen molar-refractivity contribution in [3.63, 3.8) is 0 Å². The lowest BCUT2D eigenvalue weighted by Gasteiger charge is -2.31. The molecule has 1 N–H and O–H groups in total. The summed E-state index contributed by atoms with van der Waals surface area (Å²) in [6.07, 6.45) is 5.26. The van der Waals surface area contributed by atoms with Gasteiger partial charge in [0.1, 0.15) is 0 Å². The molecule has 1 aliphatic heterocycles. The normalized spacial score (nSPS) is 21.1. The minimum atomic E-state index is -0.159. The molecule has 0 radical (unpaired) electrons. The number of rotatable bonds is 4. The van der Waals surface area contributed by atoms with Gasteiger partial charge in [0.2, 0.25) is 5.91 Å². The Labute approximate surface area is 136 Å². The molecular weight excluding hydrogens is 290 g/mol. The summed E-state index contributed by atoms with van der Waals surface area (Å²) in [6, 6.07) is 8.25. The molecule has 0 saturated carbocycles. The van der Waals surface area contributed by atoms with Crippen LogP contribution >= 0.6 is 0 Å². The Morgan fingerprint density at radius 2 is 2.17 bits per heavy atom. The maximum absolute atomic E-state index is 12.6. The first-order valence-electron chi connectivity index (χ1n) is 8.06. The van der Waals surface area contributed by atoms with E-state index in [4.69, 9.17) is 4.74 Å². The van der Waals surface area contributed by atoms with Gasteiger partial charge < -0.3 is 14.6 Å². The molecular formula is C18H23N3O2. The summed E-state index contributed by atoms with van der Waals surface area (Å²) >= 11 is 0. The molecule has 1 amide bonds. The van der Waals surface area contributed by atoms with E-state index in [-0.39, 0.29) is 17.9 Å². The standard InChI is InChI=1S/C18H23N3O2/c1-13-5-7-14(8-6-13)17-16(4-3-9-23-17)18(22)19-10-15-11-21(2)12-20-15/h5-8,11-12,16-17H,3-4,9-10H2,1-2H3,(H,19,22)/t16-,17+/m1/s1. The molecule has 23 heavy (non-hydrogen) atoms. The maximum atomic E-state index is 12.6. The van der Waals surface area contributed by atoms with Gasteiger partial charge in [-0.1, -0.05) is 29.8 Å². The number of carbonyl (C=O) groups excluding carboxylic acids is 1. The Morgan fingerprint density at radius 1 is 1.39 bits per heavy atom. The van der Waals surface area contributed by atoms with Crippen molar-refractivity contribution < 1.29 is 9.53 Å². The number of benzene rings is 1. The number of aryl methyl sites for hydroxylation is 2. The van der Waals surface area contributed by atoms with Crippen molar-refractivity contribution in [3.8, 4) is 0 Å². The fraction of sp³-hybridized carbons (Fsp3) is 0.444.